The van der Waals surface area contributed by atoms with Gasteiger partial charge in [0.1, 0.15) is 36.5 Å². The molecule has 4 bridgehead atoms. The van der Waals surface area contributed by atoms with Crippen molar-refractivity contribution >= 4 is 66.6 Å². The number of aliphatic carboxylic acids is 1. The molecule has 3 unspecified atom stereocenters. The minimum absolute atomic E-state index is 0.000663. The SMILES string of the molecule is Cc1c(-c2ccc(N3CCc4cccc(C(=O)Nc5nc6ccccc6s5)c4C3)nc2C(=O)O)cnn1CC12CC3(C)CC(C)(C1)CC(OCCN(CCS(=O)(=O)O)C(=O)OCc1ccc(CCCN)cc1OC1O[C@H](C(=O)O)[C@@H](O)[C@H](O)[C@H]1O)(C3)C2. The molecule has 5 fully saturated rings. The minimum atomic E-state index is -4.54. The number of benzene rings is 3. The van der Waals surface area contributed by atoms with Gasteiger partial charge in [-0.25, -0.2) is 24.4 Å². The lowest BCUT2D eigenvalue weighted by atomic mass is 9.39. The number of carbonyl (C=O) groups is 4. The molecule has 2 amide bonds. The van der Waals surface area contributed by atoms with Gasteiger partial charge in [-0.2, -0.15) is 13.5 Å². The third-order valence-corrected chi connectivity index (χ3v) is 19.5. The van der Waals surface area contributed by atoms with Gasteiger partial charge >= 0.3 is 18.0 Å². The van der Waals surface area contributed by atoms with Crippen LogP contribution in [0.4, 0.5) is 15.7 Å². The first-order chi connectivity index (χ1) is 41.3. The third kappa shape index (κ3) is 13.1. The van der Waals surface area contributed by atoms with E-state index in [9.17, 15) is 57.7 Å². The van der Waals surface area contributed by atoms with E-state index in [-0.39, 0.29) is 52.3 Å². The minimum Gasteiger partial charge on any atom is -0.479 e. The number of aliphatic hydroxyl groups is 3. The molecule has 4 aliphatic carbocycles. The summed E-state index contributed by atoms with van der Waals surface area (Å²) in [5.41, 5.74) is 10.3. The molecule has 26 heteroatoms. The van der Waals surface area contributed by atoms with Crippen LogP contribution in [0, 0.1) is 23.2 Å². The normalized spacial score (nSPS) is 26.6. The number of hydrogen-bond acceptors (Lipinski definition) is 19. The van der Waals surface area contributed by atoms with E-state index in [0.29, 0.717) is 85.1 Å². The molecule has 464 valence electrons. The van der Waals surface area contributed by atoms with Crippen LogP contribution in [0.1, 0.15) is 108 Å². The summed E-state index contributed by atoms with van der Waals surface area (Å²) in [4.78, 5) is 65.2. The Morgan fingerprint density at radius 2 is 1.67 bits per heavy atom. The molecule has 3 aromatic carbocycles. The lowest BCUT2D eigenvalue weighted by Gasteiger charge is -2.69. The maximum atomic E-state index is 14.0. The highest BCUT2D eigenvalue weighted by Gasteiger charge is 2.66. The Kier molecular flexibility index (Phi) is 17.0. The summed E-state index contributed by atoms with van der Waals surface area (Å²) in [6, 6.07) is 21.8. The van der Waals surface area contributed by atoms with E-state index in [2.05, 4.69) is 24.1 Å². The maximum Gasteiger partial charge on any atom is 0.410 e. The number of thiazole rings is 1. The number of nitrogens with two attached hydrogens (primary N) is 1. The zero-order valence-electron chi connectivity index (χ0n) is 48.5. The van der Waals surface area contributed by atoms with Crippen LogP contribution >= 0.6 is 11.3 Å². The van der Waals surface area contributed by atoms with Crippen molar-refractivity contribution in [2.75, 3.05) is 48.8 Å². The van der Waals surface area contributed by atoms with Crippen molar-refractivity contribution in [2.24, 2.45) is 22.0 Å². The lowest BCUT2D eigenvalue weighted by molar-refractivity contribution is -0.271. The zero-order chi connectivity index (χ0) is 61.8. The number of fused-ring (bicyclic) bond motifs is 2. The Bertz CT molecular complexity index is 3690. The Morgan fingerprint density at radius 3 is 2.39 bits per heavy atom. The molecule has 6 aromatic rings. The quantitative estimate of drug-likeness (QED) is 0.0351. The fourth-order valence-electron chi connectivity index (χ4n) is 15.1. The number of aromatic carboxylic acids is 1. The lowest BCUT2D eigenvalue weighted by Crippen LogP contribution is -2.64. The van der Waals surface area contributed by atoms with E-state index < -0.39 is 83.4 Å². The van der Waals surface area contributed by atoms with Crippen LogP contribution in [0.5, 0.6) is 5.75 Å². The first kappa shape index (κ1) is 61.5. The standard InChI is InChI=1S/C61H72N8O16S2/c1-35-41(39-15-16-46(65-47(39)53(74)75)68-19-17-37-9-6-10-40(42(37)26-68)52(73)66-56-64-43-11-4-5-12-45(43)86-56)25-63-69(35)34-60-29-58(2)28-59(3,30-60)32-61(31-58,33-60)83-22-20-67(21-23-87(79,80)81)57(78)82-27-38-14-13-36(8-7-18-62)24-44(38)84-55-50(72)48(70)49(71)51(85-55)54(76)77/h4-6,9-16,24-25,48-51,55,70-72H,7-8,17-23,26-34,62H2,1-3H3,(H,74,75)(H,76,77)(H,64,66,73)(H,79,80,81)/t48-,49-,50+,51-,55?,58?,59?,60?,61?/m0/s1. The molecule has 0 radical (unpaired) electrons. The van der Waals surface area contributed by atoms with Crippen molar-refractivity contribution < 1.29 is 76.6 Å². The van der Waals surface area contributed by atoms with Crippen LogP contribution in [0.2, 0.25) is 0 Å². The molecule has 4 saturated carbocycles. The predicted molar refractivity (Wildman–Crippen MR) is 318 cm³/mol. The topological polar surface area (TPSA) is 349 Å². The molecule has 87 heavy (non-hydrogen) atoms. The number of aliphatic hydroxyl groups excluding tert-OH is 3. The van der Waals surface area contributed by atoms with Gasteiger partial charge in [0.05, 0.1) is 34.4 Å². The van der Waals surface area contributed by atoms with Gasteiger partial charge in [0.2, 0.25) is 6.29 Å². The fourth-order valence-corrected chi connectivity index (χ4v) is 16.4. The largest absolute Gasteiger partial charge is 0.479 e. The molecule has 0 spiro atoms. The Hall–Kier alpha value is -7.14. The van der Waals surface area contributed by atoms with Crippen LogP contribution in [-0.2, 0) is 61.7 Å². The van der Waals surface area contributed by atoms with Crippen molar-refractivity contribution in [1.29, 1.82) is 0 Å². The number of anilines is 2. The number of nitrogens with zero attached hydrogens (tertiary/aromatic N) is 6. The number of amides is 2. The predicted octanol–water partition coefficient (Wildman–Crippen LogP) is 6.20. The molecular weight excluding hydrogens is 1160 g/mol. The average Bonchev–Trinajstić information content (AvgIpc) is 1.47. The number of carbonyl (C=O) groups excluding carboxylic acids is 2. The number of nitrogens with one attached hydrogen (secondary N) is 1. The maximum absolute atomic E-state index is 14.0. The molecule has 12 rings (SSSR count). The monoisotopic (exact) mass is 1240 g/mol. The van der Waals surface area contributed by atoms with Gasteiger partial charge in [-0.3, -0.25) is 19.3 Å². The molecule has 3 aromatic heterocycles. The number of aryl methyl sites for hydroxylation is 1. The molecule has 7 atom stereocenters. The fraction of sp³-hybridized carbons (Fsp3) is 0.492. The Labute approximate surface area is 506 Å². The highest BCUT2D eigenvalue weighted by atomic mass is 32.2. The van der Waals surface area contributed by atoms with Gasteiger partial charge < -0.3 is 60.0 Å². The Balaban J connectivity index is 0.774. The molecule has 5 heterocycles. The second-order valence-corrected chi connectivity index (χ2v) is 27.6. The molecule has 9 N–H and O–H groups in total. The van der Waals surface area contributed by atoms with Crippen molar-refractivity contribution in [1.82, 2.24) is 24.6 Å². The van der Waals surface area contributed by atoms with E-state index in [1.54, 1.807) is 36.5 Å². The molecule has 1 saturated heterocycles. The van der Waals surface area contributed by atoms with Gasteiger partial charge in [-0.1, -0.05) is 61.6 Å². The van der Waals surface area contributed by atoms with Crippen molar-refractivity contribution in [3.63, 3.8) is 0 Å². The van der Waals surface area contributed by atoms with Crippen LogP contribution in [0.3, 0.4) is 0 Å². The summed E-state index contributed by atoms with van der Waals surface area (Å²) < 4.78 is 60.9. The molecule has 24 nitrogen and oxygen atoms in total. The summed E-state index contributed by atoms with van der Waals surface area (Å²) in [5.74, 6) is -3.42. The summed E-state index contributed by atoms with van der Waals surface area (Å²) in [7, 11) is -4.54. The highest BCUT2D eigenvalue weighted by molar-refractivity contribution is 7.85. The number of aromatic nitrogens is 4. The van der Waals surface area contributed by atoms with Gasteiger partial charge in [0, 0.05) is 60.7 Å². The zero-order valence-corrected chi connectivity index (χ0v) is 50.1. The number of pyridine rings is 1. The van der Waals surface area contributed by atoms with Crippen molar-refractivity contribution in [3.8, 4) is 16.9 Å². The van der Waals surface area contributed by atoms with Crippen LogP contribution in [-0.4, -0.2) is 162 Å². The second kappa shape index (κ2) is 24.1. The highest BCUT2D eigenvalue weighted by Crippen LogP contribution is 2.72. The van der Waals surface area contributed by atoms with Crippen molar-refractivity contribution in [3.05, 3.63) is 118 Å². The van der Waals surface area contributed by atoms with Crippen molar-refractivity contribution in [2.45, 2.75) is 135 Å². The molecule has 6 aliphatic rings. The smallest absolute Gasteiger partial charge is 0.410 e. The number of ether oxygens (including phenoxy) is 4. The summed E-state index contributed by atoms with van der Waals surface area (Å²) >= 11 is 1.40. The third-order valence-electron chi connectivity index (χ3n) is 17.8. The van der Waals surface area contributed by atoms with Gasteiger partial charge in [-0.15, -0.1) is 0 Å². The van der Waals surface area contributed by atoms with Crippen LogP contribution in [0.15, 0.2) is 79.0 Å². The van der Waals surface area contributed by atoms with Crippen LogP contribution < -0.4 is 20.7 Å². The second-order valence-electron chi connectivity index (χ2n) is 25.0. The first-order valence-corrected chi connectivity index (χ1v) is 31.5. The van der Waals surface area contributed by atoms with Gasteiger partial charge in [-0.05, 0) is 141 Å². The summed E-state index contributed by atoms with van der Waals surface area (Å²) in [6.45, 7) is 7.22. The van der Waals surface area contributed by atoms with E-state index in [0.717, 1.165) is 64.0 Å². The number of rotatable bonds is 22. The number of carboxylic acid groups (broad SMARTS) is 2. The average molecular weight is 1240 g/mol. The van der Waals surface area contributed by atoms with Gasteiger partial charge in [0.25, 0.3) is 16.0 Å². The summed E-state index contributed by atoms with van der Waals surface area (Å²) in [6.07, 6.45) is -2.16. The van der Waals surface area contributed by atoms with Gasteiger partial charge in [0.15, 0.2) is 16.9 Å². The number of para-hydroxylation sites is 1. The molecular formula is C61H72N8O16S2. The van der Waals surface area contributed by atoms with E-state index in [1.165, 1.54) is 11.3 Å². The first-order valence-electron chi connectivity index (χ1n) is 29.1. The summed E-state index contributed by atoms with van der Waals surface area (Å²) in [5, 5.41) is 60.2. The molecule has 2 aliphatic heterocycles. The van der Waals surface area contributed by atoms with E-state index >= 15 is 0 Å². The van der Waals surface area contributed by atoms with E-state index in [4.69, 9.17) is 34.8 Å². The Morgan fingerprint density at radius 1 is 0.897 bits per heavy atom. The number of hydrogen-bond donors (Lipinski definition) is 8. The van der Waals surface area contributed by atoms with Crippen LogP contribution in [0.25, 0.3) is 21.3 Å². The van der Waals surface area contributed by atoms with E-state index in [1.807, 2.05) is 59.0 Å². The number of carboxylic acids is 2.